The molecule has 0 bridgehead atoms. The zero-order valence-electron chi connectivity index (χ0n) is 25.6. The molecule has 9 atom stereocenters. The largest absolute Gasteiger partial charge is 0.390 e. The van der Waals surface area contributed by atoms with E-state index in [0.29, 0.717) is 12.3 Å². The van der Waals surface area contributed by atoms with Gasteiger partial charge in [-0.2, -0.15) is 0 Å². The van der Waals surface area contributed by atoms with Crippen molar-refractivity contribution < 1.29 is 28.8 Å². The van der Waals surface area contributed by atoms with Crippen LogP contribution in [0.15, 0.2) is 23.3 Å². The zero-order valence-corrected chi connectivity index (χ0v) is 25.6. The van der Waals surface area contributed by atoms with Crippen molar-refractivity contribution in [1.29, 1.82) is 0 Å². The summed E-state index contributed by atoms with van der Waals surface area (Å²) in [5, 5.41) is 10.5. The predicted molar refractivity (Wildman–Crippen MR) is 149 cm³/mol. The molecular weight excluding hydrogens is 492 g/mol. The fourth-order valence-corrected chi connectivity index (χ4v) is 9.83. The Morgan fingerprint density at radius 2 is 1.67 bits per heavy atom. The number of allylic oxidation sites excluding steroid dienone is 4. The van der Waals surface area contributed by atoms with Gasteiger partial charge >= 0.3 is 0 Å². The summed E-state index contributed by atoms with van der Waals surface area (Å²) in [4.78, 5) is 13.8. The standard InChI is InChI=1S/C33H50O6/c1-28(2,35)14-13-27-33(9,39-30(5,6)38-27)26-11-10-20-19-16-23(34)22-17-24-25(37-29(3,4)36-24)18-32(22,8)21(19)12-15-31(20,26)7/h10,16,21-22,24-27,35H,11-15,17-18H2,1-9H3. The molecule has 2 saturated carbocycles. The maximum atomic E-state index is 13.8. The van der Waals surface area contributed by atoms with E-state index in [1.807, 2.05) is 47.6 Å². The number of ketones is 1. The second-order valence-corrected chi connectivity index (χ2v) is 15.8. The van der Waals surface area contributed by atoms with Gasteiger partial charge in [-0.1, -0.05) is 19.9 Å². The molecule has 0 spiro atoms. The van der Waals surface area contributed by atoms with Crippen LogP contribution in [0.2, 0.25) is 0 Å². The van der Waals surface area contributed by atoms with Crippen molar-refractivity contribution in [2.24, 2.45) is 28.6 Å². The van der Waals surface area contributed by atoms with Gasteiger partial charge in [0.2, 0.25) is 0 Å². The van der Waals surface area contributed by atoms with Gasteiger partial charge in [0.1, 0.15) is 0 Å². The van der Waals surface area contributed by atoms with Gasteiger partial charge in [-0.05, 0) is 127 Å². The van der Waals surface area contributed by atoms with E-state index in [9.17, 15) is 9.90 Å². The maximum absolute atomic E-state index is 13.8. The van der Waals surface area contributed by atoms with Crippen LogP contribution in [-0.2, 0) is 23.7 Å². The van der Waals surface area contributed by atoms with E-state index in [4.69, 9.17) is 18.9 Å². The zero-order chi connectivity index (χ0) is 28.4. The second-order valence-electron chi connectivity index (χ2n) is 15.8. The van der Waals surface area contributed by atoms with Crippen molar-refractivity contribution in [3.8, 4) is 0 Å². The first-order valence-electron chi connectivity index (χ1n) is 15.3. The Morgan fingerprint density at radius 1 is 0.974 bits per heavy atom. The van der Waals surface area contributed by atoms with E-state index in [-0.39, 0.29) is 46.8 Å². The van der Waals surface area contributed by atoms with Gasteiger partial charge in [-0.25, -0.2) is 0 Å². The third-order valence-electron chi connectivity index (χ3n) is 11.4. The average molecular weight is 543 g/mol. The molecule has 2 aliphatic heterocycles. The lowest BCUT2D eigenvalue weighted by Crippen LogP contribution is -2.56. The minimum atomic E-state index is -0.750. The average Bonchev–Trinajstić information content (AvgIpc) is 3.37. The Hall–Kier alpha value is -1.05. The van der Waals surface area contributed by atoms with Crippen LogP contribution in [0.3, 0.4) is 0 Å². The van der Waals surface area contributed by atoms with Gasteiger partial charge in [0, 0.05) is 11.8 Å². The molecule has 0 aromatic carbocycles. The molecule has 9 unspecified atom stereocenters. The van der Waals surface area contributed by atoms with Crippen molar-refractivity contribution >= 4 is 5.78 Å². The highest BCUT2D eigenvalue weighted by Gasteiger charge is 2.65. The van der Waals surface area contributed by atoms with Crippen molar-refractivity contribution in [2.75, 3.05) is 0 Å². The lowest BCUT2D eigenvalue weighted by atomic mass is 9.48. The minimum absolute atomic E-state index is 0.00422. The van der Waals surface area contributed by atoms with Crippen molar-refractivity contribution in [1.82, 2.24) is 0 Å². The number of carbonyl (C=O) groups is 1. The predicted octanol–water partition coefficient (Wildman–Crippen LogP) is 6.26. The summed E-state index contributed by atoms with van der Waals surface area (Å²) < 4.78 is 25.9. The Morgan fingerprint density at radius 3 is 2.36 bits per heavy atom. The normalized spacial score (nSPS) is 48.1. The van der Waals surface area contributed by atoms with Crippen molar-refractivity contribution in [2.45, 2.75) is 148 Å². The van der Waals surface area contributed by atoms with Gasteiger partial charge in [0.05, 0.1) is 29.5 Å². The van der Waals surface area contributed by atoms with Gasteiger partial charge in [0.25, 0.3) is 0 Å². The number of hydrogen-bond acceptors (Lipinski definition) is 6. The molecule has 0 aromatic heterocycles. The monoisotopic (exact) mass is 542 g/mol. The summed E-state index contributed by atoms with van der Waals surface area (Å²) in [6, 6.07) is 0. The van der Waals surface area contributed by atoms with Crippen LogP contribution in [0.4, 0.5) is 0 Å². The summed E-state index contributed by atoms with van der Waals surface area (Å²) in [6.07, 6.45) is 10.4. The fraction of sp³-hybridized carbons (Fsp3) is 0.848. The Kier molecular flexibility index (Phi) is 6.12. The molecule has 39 heavy (non-hydrogen) atoms. The first-order valence-corrected chi connectivity index (χ1v) is 15.3. The second kappa shape index (κ2) is 8.50. The van der Waals surface area contributed by atoms with Gasteiger partial charge in [-0.3, -0.25) is 4.79 Å². The molecule has 0 amide bonds. The molecule has 2 saturated heterocycles. The maximum Gasteiger partial charge on any atom is 0.164 e. The van der Waals surface area contributed by atoms with Crippen LogP contribution in [0, 0.1) is 28.6 Å². The molecule has 6 heteroatoms. The summed E-state index contributed by atoms with van der Waals surface area (Å²) in [5.74, 6) is -0.421. The molecule has 1 N–H and O–H groups in total. The molecule has 6 nitrogen and oxygen atoms in total. The van der Waals surface area contributed by atoms with Crippen LogP contribution in [0.5, 0.6) is 0 Å². The number of ether oxygens (including phenoxy) is 4. The third kappa shape index (κ3) is 4.34. The number of aliphatic hydroxyl groups is 1. The van der Waals surface area contributed by atoms with Crippen LogP contribution in [-0.4, -0.2) is 52.0 Å². The van der Waals surface area contributed by atoms with Crippen LogP contribution < -0.4 is 0 Å². The summed E-state index contributed by atoms with van der Waals surface area (Å²) in [7, 11) is 0. The lowest BCUT2D eigenvalue weighted by molar-refractivity contribution is -0.177. The van der Waals surface area contributed by atoms with E-state index >= 15 is 0 Å². The summed E-state index contributed by atoms with van der Waals surface area (Å²) in [5.41, 5.74) is 1.17. The molecule has 218 valence electrons. The van der Waals surface area contributed by atoms with Gasteiger partial charge in [0.15, 0.2) is 17.4 Å². The van der Waals surface area contributed by atoms with E-state index in [1.165, 1.54) is 11.1 Å². The lowest BCUT2D eigenvalue weighted by Gasteiger charge is -2.57. The molecule has 4 fully saturated rings. The Bertz CT molecular complexity index is 1110. The molecule has 6 aliphatic rings. The van der Waals surface area contributed by atoms with Crippen LogP contribution in [0.1, 0.15) is 107 Å². The van der Waals surface area contributed by atoms with E-state index < -0.39 is 22.8 Å². The third-order valence-corrected chi connectivity index (χ3v) is 11.4. The molecule has 0 aromatic rings. The first-order chi connectivity index (χ1) is 17.9. The van der Waals surface area contributed by atoms with E-state index in [1.54, 1.807) is 0 Å². The van der Waals surface area contributed by atoms with Crippen LogP contribution in [0.25, 0.3) is 0 Å². The van der Waals surface area contributed by atoms with Gasteiger partial charge in [-0.15, -0.1) is 0 Å². The van der Waals surface area contributed by atoms with Crippen LogP contribution >= 0.6 is 0 Å². The molecule has 6 rings (SSSR count). The highest BCUT2D eigenvalue weighted by atomic mass is 16.8. The summed E-state index contributed by atoms with van der Waals surface area (Å²) in [6.45, 7) is 18.7. The highest BCUT2D eigenvalue weighted by molar-refractivity contribution is 5.95. The number of carbonyl (C=O) groups excluding carboxylic acids is 1. The highest BCUT2D eigenvalue weighted by Crippen LogP contribution is 2.67. The molecule has 4 aliphatic carbocycles. The fourth-order valence-electron chi connectivity index (χ4n) is 9.83. The van der Waals surface area contributed by atoms with E-state index in [2.05, 4.69) is 26.8 Å². The van der Waals surface area contributed by atoms with Crippen molar-refractivity contribution in [3.63, 3.8) is 0 Å². The molecule has 2 heterocycles. The first kappa shape index (κ1) is 28.1. The smallest absolute Gasteiger partial charge is 0.164 e. The van der Waals surface area contributed by atoms with E-state index in [0.717, 1.165) is 38.5 Å². The topological polar surface area (TPSA) is 74.2 Å². The SMILES string of the molecule is CC(C)(O)CCC1OC(C)(C)OC1(C)C1CC=C2C3=CC(=O)C4CC5OC(C)(C)OC5CC4(C)C3CCC21C. The number of rotatable bonds is 4. The molecule has 0 radical (unpaired) electrons. The number of hydrogen-bond donors (Lipinski definition) is 1. The Labute approximate surface area is 234 Å². The summed E-state index contributed by atoms with van der Waals surface area (Å²) >= 11 is 0. The van der Waals surface area contributed by atoms with Crippen molar-refractivity contribution in [3.05, 3.63) is 23.3 Å². The van der Waals surface area contributed by atoms with Gasteiger partial charge < -0.3 is 24.1 Å². The molecular formula is C33H50O6. The number of fused-ring (bicyclic) bond motifs is 6. The quantitative estimate of drug-likeness (QED) is 0.452. The Balaban J connectivity index is 1.30. The minimum Gasteiger partial charge on any atom is -0.390 e.